The summed E-state index contributed by atoms with van der Waals surface area (Å²) in [6, 6.07) is -0.540. The highest BCUT2D eigenvalue weighted by Gasteiger charge is 2.20. The van der Waals surface area contributed by atoms with Crippen molar-refractivity contribution in [3.05, 3.63) is 36.5 Å². The summed E-state index contributed by atoms with van der Waals surface area (Å²) in [4.78, 5) is 24.7. The maximum atomic E-state index is 12.6. The Bertz CT molecular complexity index is 1460. The summed E-state index contributed by atoms with van der Waals surface area (Å²) in [6.07, 6.45) is 104. The lowest BCUT2D eigenvalue weighted by molar-refractivity contribution is -0.143. The fraction of sp³-hybridized carbons (Fsp3) is 0.905. The largest absolute Gasteiger partial charge is 0.466 e. The van der Waals surface area contributed by atoms with Gasteiger partial charge in [0.25, 0.3) is 0 Å². The Morgan fingerprint density at radius 3 is 0.856 bits per heavy atom. The van der Waals surface area contributed by atoms with Crippen LogP contribution in [-0.4, -0.2) is 47.4 Å². The third-order valence-electron chi connectivity index (χ3n) is 19.4. The van der Waals surface area contributed by atoms with E-state index in [1.165, 1.54) is 379 Å². The predicted molar refractivity (Wildman–Crippen MR) is 398 cm³/mol. The van der Waals surface area contributed by atoms with E-state index in [9.17, 15) is 19.8 Å². The molecule has 6 nitrogen and oxygen atoms in total. The lowest BCUT2D eigenvalue weighted by Gasteiger charge is -2.22. The number of aliphatic hydroxyl groups excluding tert-OH is 2. The van der Waals surface area contributed by atoms with Gasteiger partial charge < -0.3 is 20.3 Å². The molecule has 0 aliphatic rings. The summed E-state index contributed by atoms with van der Waals surface area (Å²) in [5.41, 5.74) is 0. The highest BCUT2D eigenvalue weighted by molar-refractivity contribution is 5.76. The third-order valence-corrected chi connectivity index (χ3v) is 19.4. The van der Waals surface area contributed by atoms with Crippen molar-refractivity contribution in [2.24, 2.45) is 0 Å². The Kier molecular flexibility index (Phi) is 77.8. The van der Waals surface area contributed by atoms with Gasteiger partial charge in [-0.1, -0.05) is 403 Å². The van der Waals surface area contributed by atoms with Crippen LogP contribution in [0.5, 0.6) is 0 Å². The second-order valence-corrected chi connectivity index (χ2v) is 28.5. The molecule has 0 aliphatic carbocycles. The molecule has 0 saturated heterocycles. The molecule has 0 heterocycles. The fourth-order valence-electron chi connectivity index (χ4n) is 13.1. The van der Waals surface area contributed by atoms with Crippen LogP contribution in [0.2, 0.25) is 0 Å². The normalized spacial score (nSPS) is 12.6. The molecule has 0 aromatic carbocycles. The molecule has 2 unspecified atom stereocenters. The fourth-order valence-corrected chi connectivity index (χ4v) is 13.1. The van der Waals surface area contributed by atoms with E-state index in [4.69, 9.17) is 4.74 Å². The number of unbranched alkanes of at least 4 members (excludes halogenated alkanes) is 61. The number of amides is 1. The molecule has 0 aliphatic heterocycles. The average molecular weight is 1270 g/mol. The summed E-state index contributed by atoms with van der Waals surface area (Å²) >= 11 is 0. The summed E-state index contributed by atoms with van der Waals surface area (Å²) in [7, 11) is 0. The van der Waals surface area contributed by atoms with E-state index in [-0.39, 0.29) is 18.5 Å². The number of carbonyl (C=O) groups is 2. The van der Waals surface area contributed by atoms with Gasteiger partial charge >= 0.3 is 5.97 Å². The number of carbonyl (C=O) groups excluding carboxylic acids is 2. The lowest BCUT2D eigenvalue weighted by Crippen LogP contribution is -2.45. The van der Waals surface area contributed by atoms with Crippen LogP contribution in [0.3, 0.4) is 0 Å². The monoisotopic (exact) mass is 1260 g/mol. The van der Waals surface area contributed by atoms with E-state index >= 15 is 0 Å². The average Bonchev–Trinajstić information content (AvgIpc) is 3.68. The van der Waals surface area contributed by atoms with Crippen molar-refractivity contribution in [3.8, 4) is 0 Å². The Hall–Kier alpha value is -1.92. The topological polar surface area (TPSA) is 95.9 Å². The zero-order valence-electron chi connectivity index (χ0n) is 61.1. The summed E-state index contributed by atoms with van der Waals surface area (Å²) < 4.78 is 5.50. The van der Waals surface area contributed by atoms with Crippen LogP contribution in [-0.2, 0) is 14.3 Å². The van der Waals surface area contributed by atoms with E-state index < -0.39 is 12.1 Å². The van der Waals surface area contributed by atoms with Gasteiger partial charge in [0.2, 0.25) is 5.91 Å². The van der Waals surface area contributed by atoms with Gasteiger partial charge in [0.15, 0.2) is 0 Å². The Morgan fingerprint density at radius 1 is 0.311 bits per heavy atom. The first-order valence-corrected chi connectivity index (χ1v) is 41.2. The van der Waals surface area contributed by atoms with Crippen molar-refractivity contribution in [2.45, 2.75) is 475 Å². The molecule has 0 rings (SSSR count). The van der Waals surface area contributed by atoms with Crippen LogP contribution < -0.4 is 5.32 Å². The van der Waals surface area contributed by atoms with Gasteiger partial charge in [-0.15, -0.1) is 0 Å². The van der Waals surface area contributed by atoms with Gasteiger partial charge in [-0.3, -0.25) is 9.59 Å². The first-order valence-electron chi connectivity index (χ1n) is 41.2. The van der Waals surface area contributed by atoms with Gasteiger partial charge in [-0.05, 0) is 83.5 Å². The van der Waals surface area contributed by atoms with Crippen molar-refractivity contribution in [1.29, 1.82) is 0 Å². The van der Waals surface area contributed by atoms with E-state index in [1.54, 1.807) is 0 Å². The molecular formula is C84H161NO5. The SMILES string of the molecule is CCCCCCCCC/C=C\CCCCCCCC(=O)OCCCCCCCCCCCCCCC/C=C\C/C=C\CCCCCCCCCCCCCCCCCCCC(=O)NC(CO)C(O)CCCCCCCCCCCCCCCCCCCCCC. The number of hydrogen-bond acceptors (Lipinski definition) is 5. The maximum absolute atomic E-state index is 12.6. The number of aliphatic hydroxyl groups is 2. The molecule has 2 atom stereocenters. The van der Waals surface area contributed by atoms with Gasteiger partial charge in [0, 0.05) is 12.8 Å². The van der Waals surface area contributed by atoms with Crippen LogP contribution >= 0.6 is 0 Å². The molecule has 0 aromatic rings. The van der Waals surface area contributed by atoms with Gasteiger partial charge in [-0.25, -0.2) is 0 Å². The van der Waals surface area contributed by atoms with E-state index in [0.29, 0.717) is 25.9 Å². The van der Waals surface area contributed by atoms with Crippen molar-refractivity contribution >= 4 is 11.9 Å². The molecule has 0 saturated carbocycles. The van der Waals surface area contributed by atoms with Crippen molar-refractivity contribution < 1.29 is 24.5 Å². The molecule has 0 radical (unpaired) electrons. The smallest absolute Gasteiger partial charge is 0.305 e. The number of esters is 1. The van der Waals surface area contributed by atoms with Gasteiger partial charge in [0.1, 0.15) is 0 Å². The van der Waals surface area contributed by atoms with Crippen LogP contribution in [0.15, 0.2) is 36.5 Å². The molecular weight excluding hydrogens is 1100 g/mol. The summed E-state index contributed by atoms with van der Waals surface area (Å²) in [5, 5.41) is 23.4. The number of hydrogen-bond donors (Lipinski definition) is 3. The van der Waals surface area contributed by atoms with Crippen molar-refractivity contribution in [3.63, 3.8) is 0 Å². The molecule has 0 bridgehead atoms. The molecule has 532 valence electrons. The number of ether oxygens (including phenoxy) is 1. The van der Waals surface area contributed by atoms with E-state index in [0.717, 1.165) is 51.4 Å². The zero-order valence-corrected chi connectivity index (χ0v) is 61.1. The molecule has 1 amide bonds. The number of allylic oxidation sites excluding steroid dienone is 6. The third kappa shape index (κ3) is 75.1. The standard InChI is InChI=1S/C84H161NO5/c1-3-5-7-9-11-13-15-17-19-21-22-42-45-48-52-56-60-64-68-72-76-82(87)81(80-86)85-83(88)77-73-69-65-61-57-53-49-46-43-40-38-36-34-32-30-28-26-24-23-25-27-29-31-33-35-37-39-41-44-47-51-55-59-63-67-71-75-79-90-84(89)78-74-70-66-62-58-54-50-20-18-16-14-12-10-8-6-4-2/h20,23,25,29,31,50,81-82,86-87H,3-19,21-22,24,26-28,30,32-49,51-80H2,1-2H3,(H,85,88)/b25-23-,31-29-,50-20-. The predicted octanol–water partition coefficient (Wildman–Crippen LogP) is 27.4. The van der Waals surface area contributed by atoms with Crippen LogP contribution in [0, 0.1) is 0 Å². The second kappa shape index (κ2) is 79.5. The van der Waals surface area contributed by atoms with E-state index in [2.05, 4.69) is 55.6 Å². The molecule has 6 heteroatoms. The Balaban J connectivity index is 3.36. The molecule has 3 N–H and O–H groups in total. The Labute approximate surface area is 564 Å². The van der Waals surface area contributed by atoms with Gasteiger partial charge in [0.05, 0.1) is 25.4 Å². The first kappa shape index (κ1) is 88.1. The highest BCUT2D eigenvalue weighted by Crippen LogP contribution is 2.20. The minimum atomic E-state index is -0.664. The molecule has 90 heavy (non-hydrogen) atoms. The summed E-state index contributed by atoms with van der Waals surface area (Å²) in [5.74, 6) is -0.0152. The summed E-state index contributed by atoms with van der Waals surface area (Å²) in [6.45, 7) is 5.00. The molecule has 0 fully saturated rings. The van der Waals surface area contributed by atoms with Crippen LogP contribution in [0.25, 0.3) is 0 Å². The second-order valence-electron chi connectivity index (χ2n) is 28.5. The first-order chi connectivity index (χ1) is 44.5. The highest BCUT2D eigenvalue weighted by atomic mass is 16.5. The molecule has 0 spiro atoms. The Morgan fingerprint density at radius 2 is 0.556 bits per heavy atom. The van der Waals surface area contributed by atoms with E-state index in [1.807, 2.05) is 0 Å². The molecule has 0 aromatic heterocycles. The van der Waals surface area contributed by atoms with Crippen molar-refractivity contribution in [1.82, 2.24) is 5.32 Å². The van der Waals surface area contributed by atoms with Crippen LogP contribution in [0.1, 0.15) is 463 Å². The van der Waals surface area contributed by atoms with Crippen molar-refractivity contribution in [2.75, 3.05) is 13.2 Å². The van der Waals surface area contributed by atoms with Crippen LogP contribution in [0.4, 0.5) is 0 Å². The quantitative estimate of drug-likeness (QED) is 0.0320. The lowest BCUT2D eigenvalue weighted by atomic mass is 10.0. The maximum Gasteiger partial charge on any atom is 0.305 e. The number of rotatable bonds is 78. The van der Waals surface area contributed by atoms with Gasteiger partial charge in [-0.2, -0.15) is 0 Å². The minimum absolute atomic E-state index is 0.0122. The number of nitrogens with one attached hydrogen (secondary N) is 1. The minimum Gasteiger partial charge on any atom is -0.466 e. The zero-order chi connectivity index (χ0) is 64.9.